The summed E-state index contributed by atoms with van der Waals surface area (Å²) in [5.41, 5.74) is 8.14. The van der Waals surface area contributed by atoms with E-state index in [1.165, 1.54) is 21.5 Å². The summed E-state index contributed by atoms with van der Waals surface area (Å²) in [6.45, 7) is 9.03. The fraction of sp³-hybridized carbons (Fsp3) is 0.220. The third-order valence-electron chi connectivity index (χ3n) is 8.79. The van der Waals surface area contributed by atoms with Crippen molar-refractivity contribution in [2.75, 3.05) is 26.4 Å². The maximum absolute atomic E-state index is 9.59. The third kappa shape index (κ3) is 6.04. The molecule has 0 aliphatic rings. The smallest absolute Gasteiger partial charge is 0.130 e. The van der Waals surface area contributed by atoms with Gasteiger partial charge in [0, 0.05) is 16.5 Å². The van der Waals surface area contributed by atoms with Crippen molar-refractivity contribution in [3.8, 4) is 33.8 Å². The summed E-state index contributed by atoms with van der Waals surface area (Å²) in [7, 11) is 0. The summed E-state index contributed by atoms with van der Waals surface area (Å²) in [5.74, 6) is 1.58. The van der Waals surface area contributed by atoms with Gasteiger partial charge >= 0.3 is 0 Å². The molecule has 0 aliphatic heterocycles. The normalized spacial score (nSPS) is 11.7. The fourth-order valence-corrected chi connectivity index (χ4v) is 6.26. The highest BCUT2D eigenvalue weighted by Gasteiger charge is 2.28. The number of aliphatic hydroxyl groups excluding tert-OH is 2. The largest absolute Gasteiger partial charge is 0.490 e. The number of hydrogen-bond acceptors (Lipinski definition) is 4. The van der Waals surface area contributed by atoms with Gasteiger partial charge in [-0.15, -0.1) is 0 Å². The molecule has 0 radical (unpaired) electrons. The SMILES string of the molecule is Cc1cc(C(C)(C)c2cc(C)c(OCCO)c(-c3ccc4ccccc4c3)c2)cc(-c2ccc3ccccc3c2)c1OCCO. The highest BCUT2D eigenvalue weighted by Crippen LogP contribution is 2.44. The van der Waals surface area contributed by atoms with Crippen LogP contribution in [-0.2, 0) is 5.41 Å². The molecule has 0 atom stereocenters. The Balaban J connectivity index is 1.51. The second-order valence-corrected chi connectivity index (χ2v) is 12.2. The van der Waals surface area contributed by atoms with Crippen LogP contribution in [0.5, 0.6) is 11.5 Å². The van der Waals surface area contributed by atoms with Gasteiger partial charge in [0.05, 0.1) is 13.2 Å². The lowest BCUT2D eigenvalue weighted by Crippen LogP contribution is -2.20. The van der Waals surface area contributed by atoms with Gasteiger partial charge in [-0.1, -0.05) is 98.8 Å². The Hall–Kier alpha value is -4.64. The Morgan fingerprint density at radius 1 is 0.511 bits per heavy atom. The number of fused-ring (bicyclic) bond motifs is 2. The Morgan fingerprint density at radius 3 is 1.31 bits per heavy atom. The van der Waals surface area contributed by atoms with Crippen LogP contribution in [0.2, 0.25) is 0 Å². The minimum atomic E-state index is -0.377. The zero-order valence-electron chi connectivity index (χ0n) is 26.4. The molecular weight excluding hydrogens is 556 g/mol. The average Bonchev–Trinajstić information content (AvgIpc) is 3.06. The van der Waals surface area contributed by atoms with Crippen molar-refractivity contribution in [3.63, 3.8) is 0 Å². The van der Waals surface area contributed by atoms with E-state index in [1.54, 1.807) is 0 Å². The van der Waals surface area contributed by atoms with Crippen molar-refractivity contribution in [3.05, 3.63) is 131 Å². The molecule has 0 amide bonds. The van der Waals surface area contributed by atoms with E-state index in [1.807, 2.05) is 0 Å². The van der Waals surface area contributed by atoms with Crippen LogP contribution in [0, 0.1) is 13.8 Å². The van der Waals surface area contributed by atoms with Gasteiger partial charge in [0.2, 0.25) is 0 Å². The first-order valence-corrected chi connectivity index (χ1v) is 15.6. The minimum absolute atomic E-state index is 0.0502. The van der Waals surface area contributed by atoms with E-state index in [4.69, 9.17) is 9.47 Å². The van der Waals surface area contributed by atoms with Gasteiger partial charge in [0.25, 0.3) is 0 Å². The maximum atomic E-state index is 9.59. The number of aliphatic hydroxyl groups is 2. The van der Waals surface area contributed by atoms with Crippen molar-refractivity contribution >= 4 is 21.5 Å². The molecule has 0 unspecified atom stereocenters. The summed E-state index contributed by atoms with van der Waals surface area (Å²) in [5, 5.41) is 23.9. The molecule has 0 saturated carbocycles. The standard InChI is InChI=1S/C41H40O4/c1-27-21-35(25-37(39(27)44-19-17-42)33-15-13-29-9-5-7-11-31(29)23-33)41(3,4)36-22-28(2)40(45-20-18-43)38(26-36)34-16-14-30-10-6-8-12-32(30)24-34/h5-16,21-26,42-43H,17-20H2,1-4H3. The summed E-state index contributed by atoms with van der Waals surface area (Å²) < 4.78 is 12.3. The minimum Gasteiger partial charge on any atom is -0.490 e. The molecule has 6 aromatic carbocycles. The summed E-state index contributed by atoms with van der Waals surface area (Å²) >= 11 is 0. The highest BCUT2D eigenvalue weighted by molar-refractivity contribution is 5.90. The first kappa shape index (κ1) is 30.4. The van der Waals surface area contributed by atoms with E-state index < -0.39 is 0 Å². The van der Waals surface area contributed by atoms with E-state index in [2.05, 4.69) is 137 Å². The number of ether oxygens (including phenoxy) is 2. The first-order valence-electron chi connectivity index (χ1n) is 15.6. The van der Waals surface area contributed by atoms with Crippen LogP contribution < -0.4 is 9.47 Å². The predicted octanol–water partition coefficient (Wildman–Crippen LogP) is 9.01. The molecule has 0 bridgehead atoms. The fourth-order valence-electron chi connectivity index (χ4n) is 6.26. The molecule has 0 aliphatic carbocycles. The molecule has 0 spiro atoms. The maximum Gasteiger partial charge on any atom is 0.130 e. The Bertz CT molecular complexity index is 1850. The third-order valence-corrected chi connectivity index (χ3v) is 8.79. The van der Waals surface area contributed by atoms with Crippen LogP contribution in [0.15, 0.2) is 109 Å². The molecule has 228 valence electrons. The monoisotopic (exact) mass is 596 g/mol. The van der Waals surface area contributed by atoms with Gasteiger partial charge in [0.1, 0.15) is 24.7 Å². The number of benzene rings is 6. The lowest BCUT2D eigenvalue weighted by molar-refractivity contribution is 0.201. The Labute approximate surface area is 265 Å². The molecule has 0 aromatic heterocycles. The predicted molar refractivity (Wildman–Crippen MR) is 186 cm³/mol. The molecule has 0 fully saturated rings. The lowest BCUT2D eigenvalue weighted by Gasteiger charge is -2.30. The second kappa shape index (κ2) is 12.8. The van der Waals surface area contributed by atoms with Crippen LogP contribution in [0.4, 0.5) is 0 Å². The van der Waals surface area contributed by atoms with E-state index in [9.17, 15) is 10.2 Å². The summed E-state index contributed by atoms with van der Waals surface area (Å²) in [6.07, 6.45) is 0. The molecule has 0 saturated heterocycles. The van der Waals surface area contributed by atoms with Crippen LogP contribution in [0.3, 0.4) is 0 Å². The molecular formula is C41H40O4. The van der Waals surface area contributed by atoms with Crippen molar-refractivity contribution in [2.24, 2.45) is 0 Å². The topological polar surface area (TPSA) is 58.9 Å². The Kier molecular flexibility index (Phi) is 8.62. The zero-order valence-corrected chi connectivity index (χ0v) is 26.4. The summed E-state index contributed by atoms with van der Waals surface area (Å²) in [4.78, 5) is 0. The summed E-state index contributed by atoms with van der Waals surface area (Å²) in [6, 6.07) is 38.6. The van der Waals surface area contributed by atoms with Crippen molar-refractivity contribution in [2.45, 2.75) is 33.1 Å². The molecule has 2 N–H and O–H groups in total. The number of rotatable bonds is 10. The van der Waals surface area contributed by atoms with E-state index in [-0.39, 0.29) is 31.8 Å². The zero-order chi connectivity index (χ0) is 31.6. The molecule has 45 heavy (non-hydrogen) atoms. The molecule has 6 rings (SSSR count). The van der Waals surface area contributed by atoms with Gasteiger partial charge in [-0.2, -0.15) is 0 Å². The second-order valence-electron chi connectivity index (χ2n) is 12.2. The quantitative estimate of drug-likeness (QED) is 0.166. The van der Waals surface area contributed by atoms with E-state index >= 15 is 0 Å². The molecule has 4 heteroatoms. The van der Waals surface area contributed by atoms with Gasteiger partial charge in [-0.05, 0) is 93.0 Å². The van der Waals surface area contributed by atoms with Gasteiger partial charge in [-0.25, -0.2) is 0 Å². The van der Waals surface area contributed by atoms with Crippen LogP contribution in [0.25, 0.3) is 43.8 Å². The van der Waals surface area contributed by atoms with Crippen LogP contribution in [-0.4, -0.2) is 36.6 Å². The molecule has 6 aromatic rings. The average molecular weight is 597 g/mol. The highest BCUT2D eigenvalue weighted by atomic mass is 16.5. The Morgan fingerprint density at radius 2 is 0.911 bits per heavy atom. The number of aryl methyl sites for hydroxylation is 2. The van der Waals surface area contributed by atoms with Crippen molar-refractivity contribution in [1.82, 2.24) is 0 Å². The molecule has 4 nitrogen and oxygen atoms in total. The number of hydrogen-bond donors (Lipinski definition) is 2. The van der Waals surface area contributed by atoms with Crippen LogP contribution in [0.1, 0.15) is 36.1 Å². The van der Waals surface area contributed by atoms with Gasteiger partial charge in [-0.3, -0.25) is 0 Å². The van der Waals surface area contributed by atoms with Crippen LogP contribution >= 0.6 is 0 Å². The van der Waals surface area contributed by atoms with Gasteiger partial charge in [0.15, 0.2) is 0 Å². The first-order chi connectivity index (χ1) is 21.8. The van der Waals surface area contributed by atoms with Gasteiger partial charge < -0.3 is 19.7 Å². The van der Waals surface area contributed by atoms with E-state index in [0.717, 1.165) is 56.0 Å². The van der Waals surface area contributed by atoms with Crippen molar-refractivity contribution in [1.29, 1.82) is 0 Å². The van der Waals surface area contributed by atoms with Crippen molar-refractivity contribution < 1.29 is 19.7 Å². The lowest BCUT2D eigenvalue weighted by atomic mass is 9.75. The van der Waals surface area contributed by atoms with E-state index in [0.29, 0.717) is 0 Å². The molecule has 0 heterocycles.